The molecule has 1 N–H and O–H groups in total. The van der Waals surface area contributed by atoms with Crippen LogP contribution in [-0.2, 0) is 13.0 Å². The van der Waals surface area contributed by atoms with Gasteiger partial charge in [0.05, 0.1) is 18.4 Å². The fourth-order valence-corrected chi connectivity index (χ4v) is 2.50. The zero-order valence-electron chi connectivity index (χ0n) is 13.7. The summed E-state index contributed by atoms with van der Waals surface area (Å²) in [5.74, 6) is 2.64. The lowest BCUT2D eigenvalue weighted by Crippen LogP contribution is -2.19. The van der Waals surface area contributed by atoms with Crippen molar-refractivity contribution in [3.63, 3.8) is 0 Å². The Morgan fingerprint density at radius 2 is 1.91 bits per heavy atom. The molecule has 5 nitrogen and oxygen atoms in total. The molecule has 2 aromatic heterocycles. The van der Waals surface area contributed by atoms with Crippen molar-refractivity contribution in [1.29, 1.82) is 0 Å². The Labute approximate surface area is 136 Å². The molecular formula is C18H21N5. The number of anilines is 1. The minimum Gasteiger partial charge on any atom is -0.352 e. The number of hydrogen-bond donors (Lipinski definition) is 1. The Hall–Kier alpha value is -2.69. The fraction of sp³-hybridized carbons (Fsp3) is 0.278. The second kappa shape index (κ2) is 6.60. The topological polar surface area (TPSA) is 57.7 Å². The highest BCUT2D eigenvalue weighted by Gasteiger charge is 2.09. The molecule has 0 aliphatic heterocycles. The Morgan fingerprint density at radius 1 is 1.13 bits per heavy atom. The summed E-state index contributed by atoms with van der Waals surface area (Å²) in [6.45, 7) is 4.70. The van der Waals surface area contributed by atoms with Crippen molar-refractivity contribution in [2.45, 2.75) is 26.8 Å². The van der Waals surface area contributed by atoms with Crippen LogP contribution in [0.4, 0.5) is 5.82 Å². The SMILES string of the molecule is CCc1cc(N(C)Cc2ncc(-c3ccccc3)[nH]2)nc(C)n1. The predicted molar refractivity (Wildman–Crippen MR) is 92.3 cm³/mol. The number of rotatable bonds is 5. The van der Waals surface area contributed by atoms with E-state index < -0.39 is 0 Å². The molecule has 0 bridgehead atoms. The average Bonchev–Trinajstić information content (AvgIpc) is 3.03. The van der Waals surface area contributed by atoms with Crippen molar-refractivity contribution >= 4 is 5.82 Å². The van der Waals surface area contributed by atoms with Crippen LogP contribution in [-0.4, -0.2) is 27.0 Å². The highest BCUT2D eigenvalue weighted by Crippen LogP contribution is 2.18. The van der Waals surface area contributed by atoms with E-state index in [-0.39, 0.29) is 0 Å². The van der Waals surface area contributed by atoms with Crippen molar-refractivity contribution < 1.29 is 0 Å². The van der Waals surface area contributed by atoms with Crippen LogP contribution in [0.5, 0.6) is 0 Å². The molecule has 0 aliphatic rings. The maximum atomic E-state index is 4.52. The van der Waals surface area contributed by atoms with E-state index >= 15 is 0 Å². The van der Waals surface area contributed by atoms with Gasteiger partial charge in [0.1, 0.15) is 17.5 Å². The lowest BCUT2D eigenvalue weighted by atomic mass is 10.2. The molecule has 3 aromatic rings. The fourth-order valence-electron chi connectivity index (χ4n) is 2.50. The van der Waals surface area contributed by atoms with E-state index in [0.717, 1.165) is 40.8 Å². The van der Waals surface area contributed by atoms with Gasteiger partial charge in [-0.05, 0) is 18.9 Å². The monoisotopic (exact) mass is 307 g/mol. The number of aromatic nitrogens is 4. The summed E-state index contributed by atoms with van der Waals surface area (Å²) >= 11 is 0. The summed E-state index contributed by atoms with van der Waals surface area (Å²) in [7, 11) is 2.02. The molecular weight excluding hydrogens is 286 g/mol. The molecule has 0 radical (unpaired) electrons. The van der Waals surface area contributed by atoms with Crippen LogP contribution in [0.25, 0.3) is 11.3 Å². The number of aryl methyl sites for hydroxylation is 2. The van der Waals surface area contributed by atoms with Crippen LogP contribution in [0.1, 0.15) is 24.3 Å². The van der Waals surface area contributed by atoms with Crippen LogP contribution in [0.2, 0.25) is 0 Å². The van der Waals surface area contributed by atoms with Crippen LogP contribution in [0, 0.1) is 6.92 Å². The molecule has 0 saturated carbocycles. The molecule has 0 unspecified atom stereocenters. The minimum atomic E-state index is 0.673. The molecule has 0 amide bonds. The van der Waals surface area contributed by atoms with Gasteiger partial charge in [0.25, 0.3) is 0 Å². The number of hydrogen-bond acceptors (Lipinski definition) is 4. The number of benzene rings is 1. The normalized spacial score (nSPS) is 10.7. The zero-order chi connectivity index (χ0) is 16.2. The second-order valence-corrected chi connectivity index (χ2v) is 5.58. The zero-order valence-corrected chi connectivity index (χ0v) is 13.7. The summed E-state index contributed by atoms with van der Waals surface area (Å²) < 4.78 is 0. The van der Waals surface area contributed by atoms with Gasteiger partial charge in [0, 0.05) is 18.8 Å². The number of nitrogens with one attached hydrogen (secondary N) is 1. The molecule has 118 valence electrons. The van der Waals surface area contributed by atoms with E-state index in [2.05, 4.69) is 43.9 Å². The van der Waals surface area contributed by atoms with Crippen molar-refractivity contribution in [3.05, 3.63) is 59.9 Å². The first-order chi connectivity index (χ1) is 11.2. The van der Waals surface area contributed by atoms with Crippen LogP contribution in [0.3, 0.4) is 0 Å². The number of nitrogens with zero attached hydrogens (tertiary/aromatic N) is 4. The van der Waals surface area contributed by atoms with E-state index in [1.807, 2.05) is 44.4 Å². The Bertz CT molecular complexity index is 779. The van der Waals surface area contributed by atoms with E-state index in [1.54, 1.807) is 0 Å². The van der Waals surface area contributed by atoms with Crippen molar-refractivity contribution in [2.24, 2.45) is 0 Å². The highest BCUT2D eigenvalue weighted by molar-refractivity contribution is 5.58. The van der Waals surface area contributed by atoms with Crippen LogP contribution >= 0.6 is 0 Å². The molecule has 23 heavy (non-hydrogen) atoms. The summed E-state index contributed by atoms with van der Waals surface area (Å²) in [6, 6.07) is 12.2. The summed E-state index contributed by atoms with van der Waals surface area (Å²) in [5.41, 5.74) is 3.23. The minimum absolute atomic E-state index is 0.673. The van der Waals surface area contributed by atoms with Gasteiger partial charge in [-0.3, -0.25) is 0 Å². The number of aromatic amines is 1. The number of imidazole rings is 1. The van der Waals surface area contributed by atoms with Crippen molar-refractivity contribution in [3.8, 4) is 11.3 Å². The molecule has 5 heteroatoms. The molecule has 0 atom stereocenters. The Balaban J connectivity index is 1.77. The van der Waals surface area contributed by atoms with E-state index in [0.29, 0.717) is 6.54 Å². The molecule has 3 rings (SSSR count). The molecule has 0 saturated heterocycles. The molecule has 1 aromatic carbocycles. The van der Waals surface area contributed by atoms with Gasteiger partial charge in [-0.1, -0.05) is 37.3 Å². The second-order valence-electron chi connectivity index (χ2n) is 5.58. The third-order valence-electron chi connectivity index (χ3n) is 3.73. The van der Waals surface area contributed by atoms with E-state index in [9.17, 15) is 0 Å². The van der Waals surface area contributed by atoms with Gasteiger partial charge in [-0.2, -0.15) is 0 Å². The molecule has 2 heterocycles. The summed E-state index contributed by atoms with van der Waals surface area (Å²) in [5, 5.41) is 0. The van der Waals surface area contributed by atoms with Gasteiger partial charge in [0.2, 0.25) is 0 Å². The van der Waals surface area contributed by atoms with Gasteiger partial charge >= 0.3 is 0 Å². The van der Waals surface area contributed by atoms with Gasteiger partial charge in [0.15, 0.2) is 0 Å². The first kappa shape index (κ1) is 15.2. The summed E-state index contributed by atoms with van der Waals surface area (Å²) in [6.07, 6.45) is 2.78. The Kier molecular flexibility index (Phi) is 4.37. The largest absolute Gasteiger partial charge is 0.352 e. The first-order valence-electron chi connectivity index (χ1n) is 7.80. The number of H-pyrrole nitrogens is 1. The average molecular weight is 307 g/mol. The summed E-state index contributed by atoms with van der Waals surface area (Å²) in [4.78, 5) is 18.9. The van der Waals surface area contributed by atoms with Gasteiger partial charge < -0.3 is 9.88 Å². The molecule has 0 aliphatic carbocycles. The third-order valence-corrected chi connectivity index (χ3v) is 3.73. The van der Waals surface area contributed by atoms with Crippen LogP contribution < -0.4 is 4.90 Å². The van der Waals surface area contributed by atoms with Crippen molar-refractivity contribution in [1.82, 2.24) is 19.9 Å². The Morgan fingerprint density at radius 3 is 2.65 bits per heavy atom. The first-order valence-corrected chi connectivity index (χ1v) is 7.80. The van der Waals surface area contributed by atoms with Crippen molar-refractivity contribution in [2.75, 3.05) is 11.9 Å². The quantitative estimate of drug-likeness (QED) is 0.785. The predicted octanol–water partition coefficient (Wildman–Crippen LogP) is 3.37. The lowest BCUT2D eigenvalue weighted by Gasteiger charge is -2.17. The van der Waals surface area contributed by atoms with Gasteiger partial charge in [-0.25, -0.2) is 15.0 Å². The standard InChI is InChI=1S/C18H21N5/c1-4-15-10-18(21-13(2)20-15)23(3)12-17-19-11-16(22-17)14-8-6-5-7-9-14/h5-11H,4,12H2,1-3H3,(H,19,22). The highest BCUT2D eigenvalue weighted by atomic mass is 15.2. The molecule has 0 fully saturated rings. The third kappa shape index (κ3) is 3.56. The maximum absolute atomic E-state index is 4.52. The van der Waals surface area contributed by atoms with E-state index in [1.165, 1.54) is 0 Å². The van der Waals surface area contributed by atoms with Crippen LogP contribution in [0.15, 0.2) is 42.6 Å². The molecule has 0 spiro atoms. The van der Waals surface area contributed by atoms with Gasteiger partial charge in [-0.15, -0.1) is 0 Å². The maximum Gasteiger partial charge on any atom is 0.132 e. The smallest absolute Gasteiger partial charge is 0.132 e. The van der Waals surface area contributed by atoms with E-state index in [4.69, 9.17) is 0 Å². The lowest BCUT2D eigenvalue weighted by molar-refractivity contribution is 0.825.